The Bertz CT molecular complexity index is 1060. The van der Waals surface area contributed by atoms with Crippen LogP contribution in [0.1, 0.15) is 10.4 Å². The lowest BCUT2D eigenvalue weighted by molar-refractivity contribution is 1.54. The molecule has 0 saturated heterocycles. The summed E-state index contributed by atoms with van der Waals surface area (Å²) in [6.07, 6.45) is 1.98. The molecule has 0 fully saturated rings. The average Bonchev–Trinajstić information content (AvgIpc) is 3.16. The van der Waals surface area contributed by atoms with Gasteiger partial charge in [-0.15, -0.1) is 11.3 Å². The SMILES string of the molecule is N#CC(=Cc1c2ccccc2c(Cl)c2ccccc12)c1cccs1. The molecular weight excluding hydrogens is 334 g/mol. The normalized spacial score (nSPS) is 11.8. The highest BCUT2D eigenvalue weighted by Gasteiger charge is 2.12. The van der Waals surface area contributed by atoms with Gasteiger partial charge in [0.15, 0.2) is 0 Å². The van der Waals surface area contributed by atoms with Crippen LogP contribution in [0.25, 0.3) is 33.2 Å². The average molecular weight is 346 g/mol. The van der Waals surface area contributed by atoms with E-state index in [9.17, 15) is 5.26 Å². The van der Waals surface area contributed by atoms with Crippen molar-refractivity contribution in [2.45, 2.75) is 0 Å². The number of allylic oxidation sites excluding steroid dienone is 1. The number of fused-ring (bicyclic) bond motifs is 2. The fourth-order valence-electron chi connectivity index (χ4n) is 3.00. The van der Waals surface area contributed by atoms with Gasteiger partial charge in [0.05, 0.1) is 10.6 Å². The van der Waals surface area contributed by atoms with Gasteiger partial charge in [0.25, 0.3) is 0 Å². The van der Waals surface area contributed by atoms with Crippen LogP contribution >= 0.6 is 22.9 Å². The third-order valence-electron chi connectivity index (χ3n) is 4.10. The second-order valence-electron chi connectivity index (χ2n) is 5.47. The number of rotatable bonds is 2. The molecule has 0 N–H and O–H groups in total. The molecule has 0 atom stereocenters. The summed E-state index contributed by atoms with van der Waals surface area (Å²) in [6.45, 7) is 0. The molecule has 1 aromatic heterocycles. The van der Waals surface area contributed by atoms with Crippen molar-refractivity contribution in [3.8, 4) is 6.07 Å². The lowest BCUT2D eigenvalue weighted by Gasteiger charge is -2.11. The van der Waals surface area contributed by atoms with Gasteiger partial charge in [0.2, 0.25) is 0 Å². The van der Waals surface area contributed by atoms with Crippen molar-refractivity contribution >= 4 is 56.1 Å². The van der Waals surface area contributed by atoms with Gasteiger partial charge in [-0.05, 0) is 33.9 Å². The molecule has 0 aliphatic carbocycles. The van der Waals surface area contributed by atoms with E-state index in [-0.39, 0.29) is 0 Å². The van der Waals surface area contributed by atoms with Crippen LogP contribution in [0, 0.1) is 11.3 Å². The summed E-state index contributed by atoms with van der Waals surface area (Å²) in [4.78, 5) is 0.973. The molecule has 0 amide bonds. The summed E-state index contributed by atoms with van der Waals surface area (Å²) in [7, 11) is 0. The molecule has 0 unspecified atom stereocenters. The van der Waals surface area contributed by atoms with Gasteiger partial charge < -0.3 is 0 Å². The fourth-order valence-corrected chi connectivity index (χ4v) is 4.02. The molecule has 0 saturated carbocycles. The molecule has 3 heteroatoms. The lowest BCUT2D eigenvalue weighted by atomic mass is 9.95. The quantitative estimate of drug-likeness (QED) is 0.290. The molecule has 0 aliphatic heterocycles. The Kier molecular flexibility index (Phi) is 3.82. The van der Waals surface area contributed by atoms with Gasteiger partial charge in [-0.3, -0.25) is 0 Å². The Morgan fingerprint density at radius 3 is 1.96 bits per heavy atom. The third-order valence-corrected chi connectivity index (χ3v) is 5.41. The number of halogens is 1. The van der Waals surface area contributed by atoms with Crippen LogP contribution in [0.4, 0.5) is 0 Å². The van der Waals surface area contributed by atoms with Gasteiger partial charge in [-0.1, -0.05) is 66.2 Å². The van der Waals surface area contributed by atoms with Crippen LogP contribution in [-0.4, -0.2) is 0 Å². The highest BCUT2D eigenvalue weighted by atomic mass is 35.5. The summed E-state index contributed by atoms with van der Waals surface area (Å²) < 4.78 is 0. The van der Waals surface area contributed by atoms with Crippen LogP contribution in [-0.2, 0) is 0 Å². The second kappa shape index (κ2) is 6.13. The number of thiophene rings is 1. The minimum Gasteiger partial charge on any atom is -0.192 e. The summed E-state index contributed by atoms with van der Waals surface area (Å²) in [5, 5.41) is 16.5. The summed E-state index contributed by atoms with van der Waals surface area (Å²) in [6, 6.07) is 22.4. The lowest BCUT2D eigenvalue weighted by Crippen LogP contribution is -1.87. The van der Waals surface area contributed by atoms with Crippen LogP contribution in [0.2, 0.25) is 5.02 Å². The van der Waals surface area contributed by atoms with Gasteiger partial charge in [0, 0.05) is 15.6 Å². The van der Waals surface area contributed by atoms with E-state index < -0.39 is 0 Å². The molecule has 0 radical (unpaired) electrons. The summed E-state index contributed by atoms with van der Waals surface area (Å²) in [5.74, 6) is 0. The van der Waals surface area contributed by atoms with Crippen molar-refractivity contribution in [1.29, 1.82) is 5.26 Å². The van der Waals surface area contributed by atoms with Gasteiger partial charge in [0.1, 0.15) is 6.07 Å². The molecule has 0 bridgehead atoms. The smallest absolute Gasteiger partial charge is 0.101 e. The van der Waals surface area contributed by atoms with Crippen molar-refractivity contribution in [2.24, 2.45) is 0 Å². The first-order valence-electron chi connectivity index (χ1n) is 7.54. The van der Waals surface area contributed by atoms with Crippen LogP contribution in [0.15, 0.2) is 66.0 Å². The zero-order valence-electron chi connectivity index (χ0n) is 12.7. The number of benzene rings is 3. The van der Waals surface area contributed by atoms with E-state index in [1.165, 1.54) is 0 Å². The van der Waals surface area contributed by atoms with Crippen molar-refractivity contribution in [3.63, 3.8) is 0 Å². The Labute approximate surface area is 149 Å². The standard InChI is InChI=1S/C21H12ClNS/c22-21-17-8-3-1-6-15(17)19(16-7-2-4-9-18(16)21)12-14(13-23)20-10-5-11-24-20/h1-12H. The molecule has 24 heavy (non-hydrogen) atoms. The predicted octanol–water partition coefficient (Wildman–Crippen LogP) is 6.77. The number of hydrogen-bond acceptors (Lipinski definition) is 2. The van der Waals surface area contributed by atoms with E-state index in [1.54, 1.807) is 11.3 Å². The van der Waals surface area contributed by atoms with E-state index in [1.807, 2.05) is 60.0 Å². The molecule has 114 valence electrons. The Morgan fingerprint density at radius 1 is 0.875 bits per heavy atom. The van der Waals surface area contributed by atoms with Gasteiger partial charge in [-0.25, -0.2) is 0 Å². The topological polar surface area (TPSA) is 23.8 Å². The number of nitrogens with zero attached hydrogens (tertiary/aromatic N) is 1. The maximum Gasteiger partial charge on any atom is 0.101 e. The summed E-state index contributed by atoms with van der Waals surface area (Å²) >= 11 is 8.20. The first-order chi connectivity index (χ1) is 11.8. The van der Waals surface area contributed by atoms with Crippen molar-refractivity contribution < 1.29 is 0 Å². The highest BCUT2D eigenvalue weighted by Crippen LogP contribution is 2.38. The third kappa shape index (κ3) is 2.39. The highest BCUT2D eigenvalue weighted by molar-refractivity contribution is 7.11. The van der Waals surface area contributed by atoms with E-state index in [0.29, 0.717) is 5.57 Å². The second-order valence-corrected chi connectivity index (χ2v) is 6.79. The molecule has 3 aromatic carbocycles. The molecule has 4 aromatic rings. The van der Waals surface area contributed by atoms with E-state index in [2.05, 4.69) is 18.2 Å². The fraction of sp³-hybridized carbons (Fsp3) is 0. The Morgan fingerprint density at radius 2 is 1.46 bits per heavy atom. The van der Waals surface area contributed by atoms with Crippen LogP contribution in [0.5, 0.6) is 0 Å². The van der Waals surface area contributed by atoms with Crippen LogP contribution in [0.3, 0.4) is 0 Å². The van der Waals surface area contributed by atoms with Crippen molar-refractivity contribution in [1.82, 2.24) is 0 Å². The molecule has 0 aliphatic rings. The number of hydrogen-bond donors (Lipinski definition) is 0. The largest absolute Gasteiger partial charge is 0.192 e. The van der Waals surface area contributed by atoms with Crippen LogP contribution < -0.4 is 0 Å². The van der Waals surface area contributed by atoms with Crippen molar-refractivity contribution in [2.75, 3.05) is 0 Å². The van der Waals surface area contributed by atoms with E-state index >= 15 is 0 Å². The molecular formula is C21H12ClNS. The minimum atomic E-state index is 0.669. The van der Waals surface area contributed by atoms with Gasteiger partial charge >= 0.3 is 0 Å². The minimum absolute atomic E-state index is 0.669. The predicted molar refractivity (Wildman–Crippen MR) is 104 cm³/mol. The molecule has 4 rings (SSSR count). The molecule has 1 heterocycles. The Hall–Kier alpha value is -2.60. The van der Waals surface area contributed by atoms with E-state index in [4.69, 9.17) is 11.6 Å². The summed E-state index contributed by atoms with van der Waals surface area (Å²) in [5.41, 5.74) is 1.71. The first-order valence-corrected chi connectivity index (χ1v) is 8.80. The molecule has 0 spiro atoms. The zero-order valence-corrected chi connectivity index (χ0v) is 14.2. The maximum absolute atomic E-state index is 9.62. The monoisotopic (exact) mass is 345 g/mol. The van der Waals surface area contributed by atoms with Gasteiger partial charge in [-0.2, -0.15) is 5.26 Å². The van der Waals surface area contributed by atoms with Crippen molar-refractivity contribution in [3.05, 3.63) is 81.5 Å². The van der Waals surface area contributed by atoms with E-state index in [0.717, 1.165) is 37.0 Å². The maximum atomic E-state index is 9.62. The number of nitriles is 1. The Balaban J connectivity index is 2.14. The molecule has 1 nitrogen and oxygen atoms in total. The first kappa shape index (κ1) is 15.0. The zero-order chi connectivity index (χ0) is 16.5.